The second kappa shape index (κ2) is 5.42. The van der Waals surface area contributed by atoms with Crippen LogP contribution in [0.3, 0.4) is 0 Å². The van der Waals surface area contributed by atoms with Crippen LogP contribution < -0.4 is 5.32 Å². The molecule has 0 aliphatic carbocycles. The summed E-state index contributed by atoms with van der Waals surface area (Å²) >= 11 is 9.00. The van der Waals surface area contributed by atoms with Crippen LogP contribution in [0, 0.1) is 5.82 Å². The molecule has 1 heterocycles. The SMILES string of the molecule is Fc1ccc(CNc2nc(Cl)ncc2Br)cc1. The molecule has 3 nitrogen and oxygen atoms in total. The highest BCUT2D eigenvalue weighted by Gasteiger charge is 2.03. The van der Waals surface area contributed by atoms with Crippen molar-refractivity contribution in [2.75, 3.05) is 5.32 Å². The third-order valence-electron chi connectivity index (χ3n) is 2.09. The summed E-state index contributed by atoms with van der Waals surface area (Å²) in [6.07, 6.45) is 1.57. The normalized spacial score (nSPS) is 10.3. The number of aromatic nitrogens is 2. The van der Waals surface area contributed by atoms with Crippen LogP contribution in [0.2, 0.25) is 5.28 Å². The summed E-state index contributed by atoms with van der Waals surface area (Å²) < 4.78 is 13.4. The van der Waals surface area contributed by atoms with Gasteiger partial charge in [0.1, 0.15) is 11.6 Å². The van der Waals surface area contributed by atoms with Crippen molar-refractivity contribution in [3.63, 3.8) is 0 Å². The van der Waals surface area contributed by atoms with Crippen molar-refractivity contribution in [2.45, 2.75) is 6.54 Å². The van der Waals surface area contributed by atoms with Crippen LogP contribution in [0.4, 0.5) is 10.2 Å². The Hall–Kier alpha value is -1.20. The second-order valence-corrected chi connectivity index (χ2v) is 4.51. The van der Waals surface area contributed by atoms with Crippen LogP contribution in [0.1, 0.15) is 5.56 Å². The zero-order chi connectivity index (χ0) is 12.3. The van der Waals surface area contributed by atoms with Crippen molar-refractivity contribution >= 4 is 33.3 Å². The topological polar surface area (TPSA) is 37.8 Å². The van der Waals surface area contributed by atoms with Gasteiger partial charge in [-0.2, -0.15) is 4.98 Å². The van der Waals surface area contributed by atoms with E-state index in [-0.39, 0.29) is 11.1 Å². The number of benzene rings is 1. The molecule has 0 unspecified atom stereocenters. The molecule has 0 bridgehead atoms. The smallest absolute Gasteiger partial charge is 0.224 e. The number of nitrogens with one attached hydrogen (secondary N) is 1. The highest BCUT2D eigenvalue weighted by molar-refractivity contribution is 9.10. The Labute approximate surface area is 111 Å². The lowest BCUT2D eigenvalue weighted by molar-refractivity contribution is 0.627. The first kappa shape index (κ1) is 12.3. The summed E-state index contributed by atoms with van der Waals surface area (Å²) in [6, 6.07) is 6.25. The Morgan fingerprint density at radius 2 is 2.00 bits per heavy atom. The molecule has 0 amide bonds. The van der Waals surface area contributed by atoms with Gasteiger partial charge in [0.15, 0.2) is 0 Å². The van der Waals surface area contributed by atoms with Crippen LogP contribution >= 0.6 is 27.5 Å². The second-order valence-electron chi connectivity index (χ2n) is 3.32. The lowest BCUT2D eigenvalue weighted by Crippen LogP contribution is -2.02. The Bertz CT molecular complexity index is 519. The summed E-state index contributed by atoms with van der Waals surface area (Å²) in [6.45, 7) is 0.534. The molecule has 1 aromatic carbocycles. The maximum absolute atomic E-state index is 12.7. The number of hydrogen-bond acceptors (Lipinski definition) is 3. The van der Waals surface area contributed by atoms with Crippen molar-refractivity contribution < 1.29 is 4.39 Å². The van der Waals surface area contributed by atoms with Crippen molar-refractivity contribution in [3.8, 4) is 0 Å². The Kier molecular flexibility index (Phi) is 3.91. The highest BCUT2D eigenvalue weighted by atomic mass is 79.9. The molecule has 0 atom stereocenters. The van der Waals surface area contributed by atoms with E-state index in [9.17, 15) is 4.39 Å². The Morgan fingerprint density at radius 3 is 2.71 bits per heavy atom. The van der Waals surface area contributed by atoms with E-state index < -0.39 is 0 Å². The molecule has 0 radical (unpaired) electrons. The predicted molar refractivity (Wildman–Crippen MR) is 68.5 cm³/mol. The van der Waals surface area contributed by atoms with Gasteiger partial charge in [0.05, 0.1) is 4.47 Å². The molecule has 0 saturated carbocycles. The van der Waals surface area contributed by atoms with Gasteiger partial charge in [0, 0.05) is 12.7 Å². The van der Waals surface area contributed by atoms with Crippen molar-refractivity contribution in [1.82, 2.24) is 9.97 Å². The molecule has 0 aliphatic heterocycles. The van der Waals surface area contributed by atoms with E-state index >= 15 is 0 Å². The van der Waals surface area contributed by atoms with Gasteiger partial charge in [-0.25, -0.2) is 9.37 Å². The maximum atomic E-state index is 12.7. The molecule has 0 fully saturated rings. The van der Waals surface area contributed by atoms with Gasteiger partial charge in [-0.15, -0.1) is 0 Å². The first-order valence-electron chi connectivity index (χ1n) is 4.81. The average molecular weight is 317 g/mol. The summed E-state index contributed by atoms with van der Waals surface area (Å²) in [4.78, 5) is 7.85. The van der Waals surface area contributed by atoms with E-state index in [4.69, 9.17) is 11.6 Å². The fourth-order valence-electron chi connectivity index (χ4n) is 1.26. The van der Waals surface area contributed by atoms with E-state index in [0.717, 1.165) is 10.0 Å². The molecule has 88 valence electrons. The highest BCUT2D eigenvalue weighted by Crippen LogP contribution is 2.20. The molecule has 6 heteroatoms. The van der Waals surface area contributed by atoms with Gasteiger partial charge in [0.2, 0.25) is 5.28 Å². The van der Waals surface area contributed by atoms with Gasteiger partial charge in [-0.05, 0) is 45.2 Å². The number of halogens is 3. The van der Waals surface area contributed by atoms with E-state index in [1.807, 2.05) is 0 Å². The Balaban J connectivity index is 2.07. The molecule has 0 saturated heterocycles. The Morgan fingerprint density at radius 1 is 1.29 bits per heavy atom. The molecule has 1 aromatic heterocycles. The summed E-state index contributed by atoms with van der Waals surface area (Å²) in [5, 5.41) is 3.26. The van der Waals surface area contributed by atoms with Crippen molar-refractivity contribution in [1.29, 1.82) is 0 Å². The van der Waals surface area contributed by atoms with Crippen molar-refractivity contribution in [3.05, 3.63) is 51.6 Å². The molecule has 1 N–H and O–H groups in total. The minimum Gasteiger partial charge on any atom is -0.365 e. The molecule has 17 heavy (non-hydrogen) atoms. The lowest BCUT2D eigenvalue weighted by Gasteiger charge is -2.07. The minimum atomic E-state index is -0.250. The number of rotatable bonds is 3. The van der Waals surface area contributed by atoms with Gasteiger partial charge < -0.3 is 5.32 Å². The average Bonchev–Trinajstić information content (AvgIpc) is 2.32. The summed E-state index contributed by atoms with van der Waals surface area (Å²) in [5.41, 5.74) is 0.952. The van der Waals surface area contributed by atoms with Gasteiger partial charge >= 0.3 is 0 Å². The number of hydrogen-bond donors (Lipinski definition) is 1. The zero-order valence-corrected chi connectivity index (χ0v) is 11.0. The lowest BCUT2D eigenvalue weighted by atomic mass is 10.2. The molecule has 2 rings (SSSR count). The fourth-order valence-corrected chi connectivity index (χ4v) is 1.72. The van der Waals surface area contributed by atoms with E-state index in [2.05, 4.69) is 31.2 Å². The number of anilines is 1. The van der Waals surface area contributed by atoms with E-state index in [1.165, 1.54) is 12.1 Å². The molecule has 0 spiro atoms. The van der Waals surface area contributed by atoms with E-state index in [1.54, 1.807) is 18.3 Å². The van der Waals surface area contributed by atoms with Crippen LogP contribution in [0.5, 0.6) is 0 Å². The largest absolute Gasteiger partial charge is 0.365 e. The summed E-state index contributed by atoms with van der Waals surface area (Å²) in [5.74, 6) is 0.356. The van der Waals surface area contributed by atoms with E-state index in [0.29, 0.717) is 12.4 Å². The molecular formula is C11H8BrClFN3. The van der Waals surface area contributed by atoms with Gasteiger partial charge in [-0.1, -0.05) is 12.1 Å². The third kappa shape index (κ3) is 3.38. The van der Waals surface area contributed by atoms with Gasteiger partial charge in [-0.3, -0.25) is 0 Å². The third-order valence-corrected chi connectivity index (χ3v) is 2.85. The van der Waals surface area contributed by atoms with Crippen LogP contribution in [0.15, 0.2) is 34.9 Å². The zero-order valence-electron chi connectivity index (χ0n) is 8.62. The van der Waals surface area contributed by atoms with Crippen molar-refractivity contribution in [2.24, 2.45) is 0 Å². The quantitative estimate of drug-likeness (QED) is 0.879. The minimum absolute atomic E-state index is 0.176. The maximum Gasteiger partial charge on any atom is 0.224 e. The molecule has 2 aromatic rings. The first-order valence-corrected chi connectivity index (χ1v) is 5.98. The molecular weight excluding hydrogens is 308 g/mol. The fraction of sp³-hybridized carbons (Fsp3) is 0.0909. The number of nitrogens with zero attached hydrogens (tertiary/aromatic N) is 2. The standard InChI is InChI=1S/C11H8BrClFN3/c12-9-6-16-11(13)17-10(9)15-5-7-1-3-8(14)4-2-7/h1-4,6H,5H2,(H,15,16,17). The van der Waals surface area contributed by atoms with Crippen LogP contribution in [0.25, 0.3) is 0 Å². The van der Waals surface area contributed by atoms with Crippen LogP contribution in [-0.2, 0) is 6.54 Å². The summed E-state index contributed by atoms with van der Waals surface area (Å²) in [7, 11) is 0. The first-order chi connectivity index (χ1) is 8.15. The monoisotopic (exact) mass is 315 g/mol. The van der Waals surface area contributed by atoms with Gasteiger partial charge in [0.25, 0.3) is 0 Å². The predicted octanol–water partition coefficient (Wildman–Crippen LogP) is 3.64. The molecule has 0 aliphatic rings. The van der Waals surface area contributed by atoms with Crippen LogP contribution in [-0.4, -0.2) is 9.97 Å².